The molecule has 0 radical (unpaired) electrons. The SMILES string of the molecule is CCCn1cncc1CNc1c(C)ccnc1Cl. The Kier molecular flexibility index (Phi) is 4.20. The number of nitrogens with zero attached hydrogens (tertiary/aromatic N) is 3. The summed E-state index contributed by atoms with van der Waals surface area (Å²) in [6, 6.07) is 1.94. The maximum absolute atomic E-state index is 6.07. The molecule has 0 saturated carbocycles. The van der Waals surface area contributed by atoms with Gasteiger partial charge in [0, 0.05) is 18.9 Å². The van der Waals surface area contributed by atoms with E-state index in [4.69, 9.17) is 11.6 Å². The van der Waals surface area contributed by atoms with Crippen LogP contribution in [0.25, 0.3) is 0 Å². The molecule has 5 heteroatoms. The molecule has 2 aromatic rings. The minimum atomic E-state index is 0.511. The van der Waals surface area contributed by atoms with Crippen molar-refractivity contribution in [3.8, 4) is 0 Å². The van der Waals surface area contributed by atoms with Gasteiger partial charge in [0.1, 0.15) is 0 Å². The molecule has 0 atom stereocenters. The monoisotopic (exact) mass is 264 g/mol. The third-order valence-corrected chi connectivity index (χ3v) is 3.11. The van der Waals surface area contributed by atoms with Gasteiger partial charge in [-0.2, -0.15) is 0 Å². The summed E-state index contributed by atoms with van der Waals surface area (Å²) >= 11 is 6.07. The fraction of sp³-hybridized carbons (Fsp3) is 0.385. The molecule has 0 aliphatic heterocycles. The normalized spacial score (nSPS) is 10.6. The van der Waals surface area contributed by atoms with E-state index in [9.17, 15) is 0 Å². The highest BCUT2D eigenvalue weighted by Crippen LogP contribution is 2.23. The zero-order chi connectivity index (χ0) is 13.0. The van der Waals surface area contributed by atoms with Gasteiger partial charge in [0.15, 0.2) is 5.15 Å². The molecule has 0 unspecified atom stereocenters. The highest BCUT2D eigenvalue weighted by atomic mass is 35.5. The molecule has 1 N–H and O–H groups in total. The molecule has 0 spiro atoms. The number of hydrogen-bond acceptors (Lipinski definition) is 3. The Labute approximate surface area is 112 Å². The number of halogens is 1. The van der Waals surface area contributed by atoms with Gasteiger partial charge in [-0.15, -0.1) is 0 Å². The van der Waals surface area contributed by atoms with Gasteiger partial charge in [0.05, 0.1) is 24.3 Å². The topological polar surface area (TPSA) is 42.7 Å². The Balaban J connectivity index is 2.09. The number of hydrogen-bond donors (Lipinski definition) is 1. The van der Waals surface area contributed by atoms with E-state index in [1.807, 2.05) is 25.5 Å². The molecule has 0 aliphatic rings. The molecule has 96 valence electrons. The van der Waals surface area contributed by atoms with E-state index in [0.29, 0.717) is 11.7 Å². The van der Waals surface area contributed by atoms with Crippen LogP contribution in [-0.4, -0.2) is 14.5 Å². The fourth-order valence-corrected chi connectivity index (χ4v) is 2.13. The van der Waals surface area contributed by atoms with E-state index in [1.54, 1.807) is 6.20 Å². The first-order chi connectivity index (χ1) is 8.72. The van der Waals surface area contributed by atoms with Crippen LogP contribution in [-0.2, 0) is 13.1 Å². The summed E-state index contributed by atoms with van der Waals surface area (Å²) < 4.78 is 2.15. The van der Waals surface area contributed by atoms with E-state index >= 15 is 0 Å². The van der Waals surface area contributed by atoms with Gasteiger partial charge < -0.3 is 9.88 Å². The zero-order valence-electron chi connectivity index (χ0n) is 10.7. The predicted octanol–water partition coefficient (Wildman–Crippen LogP) is 3.26. The van der Waals surface area contributed by atoms with Gasteiger partial charge >= 0.3 is 0 Å². The van der Waals surface area contributed by atoms with Crippen molar-refractivity contribution in [1.29, 1.82) is 0 Å². The Morgan fingerprint density at radius 3 is 3.00 bits per heavy atom. The van der Waals surface area contributed by atoms with Crippen molar-refractivity contribution >= 4 is 17.3 Å². The molecule has 0 saturated heterocycles. The minimum Gasteiger partial charge on any atom is -0.377 e. The highest BCUT2D eigenvalue weighted by Gasteiger charge is 2.06. The van der Waals surface area contributed by atoms with Crippen LogP contribution in [0, 0.1) is 6.92 Å². The molecule has 0 aliphatic carbocycles. The third-order valence-electron chi connectivity index (χ3n) is 2.82. The van der Waals surface area contributed by atoms with Crippen LogP contribution >= 0.6 is 11.6 Å². The van der Waals surface area contributed by atoms with Crippen LogP contribution in [0.4, 0.5) is 5.69 Å². The molecular formula is C13H17ClN4. The van der Waals surface area contributed by atoms with Crippen molar-refractivity contribution in [3.05, 3.63) is 41.2 Å². The summed E-state index contributed by atoms with van der Waals surface area (Å²) in [6.07, 6.45) is 6.54. The number of aromatic nitrogens is 3. The van der Waals surface area contributed by atoms with Crippen LogP contribution in [0.1, 0.15) is 24.6 Å². The van der Waals surface area contributed by atoms with E-state index in [1.165, 1.54) is 0 Å². The van der Waals surface area contributed by atoms with Crippen molar-refractivity contribution < 1.29 is 0 Å². The first-order valence-electron chi connectivity index (χ1n) is 6.06. The molecular weight excluding hydrogens is 248 g/mol. The van der Waals surface area contributed by atoms with Crippen molar-refractivity contribution in [3.63, 3.8) is 0 Å². The lowest BCUT2D eigenvalue weighted by atomic mass is 10.2. The van der Waals surface area contributed by atoms with Crippen molar-refractivity contribution in [1.82, 2.24) is 14.5 Å². The summed E-state index contributed by atoms with van der Waals surface area (Å²) in [6.45, 7) is 5.85. The number of aryl methyl sites for hydroxylation is 2. The number of anilines is 1. The van der Waals surface area contributed by atoms with Crippen LogP contribution in [0.2, 0.25) is 5.15 Å². The quantitative estimate of drug-likeness (QED) is 0.843. The smallest absolute Gasteiger partial charge is 0.152 e. The van der Waals surface area contributed by atoms with E-state index in [0.717, 1.165) is 29.9 Å². The average Bonchev–Trinajstić information content (AvgIpc) is 2.77. The van der Waals surface area contributed by atoms with Gasteiger partial charge in [-0.05, 0) is 25.0 Å². The largest absolute Gasteiger partial charge is 0.377 e. The summed E-state index contributed by atoms with van der Waals surface area (Å²) in [5.41, 5.74) is 3.14. The van der Waals surface area contributed by atoms with E-state index in [-0.39, 0.29) is 0 Å². The molecule has 0 fully saturated rings. The Morgan fingerprint density at radius 2 is 2.28 bits per heavy atom. The van der Waals surface area contributed by atoms with Gasteiger partial charge in [-0.3, -0.25) is 0 Å². The molecule has 0 bridgehead atoms. The predicted molar refractivity (Wildman–Crippen MR) is 73.8 cm³/mol. The minimum absolute atomic E-state index is 0.511. The maximum atomic E-state index is 6.07. The third kappa shape index (κ3) is 2.82. The Morgan fingerprint density at radius 1 is 1.44 bits per heavy atom. The van der Waals surface area contributed by atoms with Gasteiger partial charge in [-0.25, -0.2) is 9.97 Å². The molecule has 0 amide bonds. The highest BCUT2D eigenvalue weighted by molar-refractivity contribution is 6.32. The number of rotatable bonds is 5. The van der Waals surface area contributed by atoms with Gasteiger partial charge in [0.2, 0.25) is 0 Å². The van der Waals surface area contributed by atoms with Crippen LogP contribution < -0.4 is 5.32 Å². The number of nitrogens with one attached hydrogen (secondary N) is 1. The van der Waals surface area contributed by atoms with Gasteiger partial charge in [-0.1, -0.05) is 18.5 Å². The first-order valence-corrected chi connectivity index (χ1v) is 6.44. The lowest BCUT2D eigenvalue weighted by molar-refractivity contribution is 0.651. The van der Waals surface area contributed by atoms with Gasteiger partial charge in [0.25, 0.3) is 0 Å². The second kappa shape index (κ2) is 5.87. The zero-order valence-corrected chi connectivity index (χ0v) is 11.4. The number of pyridine rings is 1. The van der Waals surface area contributed by atoms with Crippen molar-refractivity contribution in [2.24, 2.45) is 0 Å². The molecule has 2 aromatic heterocycles. The molecule has 0 aromatic carbocycles. The molecule has 2 heterocycles. The van der Waals surface area contributed by atoms with Crippen molar-refractivity contribution in [2.45, 2.75) is 33.4 Å². The van der Waals surface area contributed by atoms with Crippen LogP contribution in [0.15, 0.2) is 24.8 Å². The standard InChI is InChI=1S/C13H17ClN4/c1-3-6-18-9-15-7-11(18)8-17-12-10(2)4-5-16-13(12)14/h4-5,7,9,17H,3,6,8H2,1-2H3. The van der Waals surface area contributed by atoms with Crippen LogP contribution in [0.3, 0.4) is 0 Å². The second-order valence-electron chi connectivity index (χ2n) is 4.23. The first kappa shape index (κ1) is 12.9. The summed E-state index contributed by atoms with van der Waals surface area (Å²) in [7, 11) is 0. The Bertz CT molecular complexity index is 501. The molecule has 18 heavy (non-hydrogen) atoms. The van der Waals surface area contributed by atoms with Crippen molar-refractivity contribution in [2.75, 3.05) is 5.32 Å². The Hall–Kier alpha value is -1.55. The summed E-state index contributed by atoms with van der Waals surface area (Å²) in [4.78, 5) is 8.25. The average molecular weight is 265 g/mol. The lowest BCUT2D eigenvalue weighted by Crippen LogP contribution is -2.08. The summed E-state index contributed by atoms with van der Waals surface area (Å²) in [5.74, 6) is 0. The van der Waals surface area contributed by atoms with E-state index in [2.05, 4.69) is 26.8 Å². The summed E-state index contributed by atoms with van der Waals surface area (Å²) in [5, 5.41) is 3.84. The fourth-order valence-electron chi connectivity index (χ4n) is 1.85. The number of imidazole rings is 1. The van der Waals surface area contributed by atoms with Crippen LogP contribution in [0.5, 0.6) is 0 Å². The lowest BCUT2D eigenvalue weighted by Gasteiger charge is -2.12. The molecule has 2 rings (SSSR count). The maximum Gasteiger partial charge on any atom is 0.152 e. The second-order valence-corrected chi connectivity index (χ2v) is 4.58. The molecule has 4 nitrogen and oxygen atoms in total. The van der Waals surface area contributed by atoms with E-state index < -0.39 is 0 Å².